The van der Waals surface area contributed by atoms with Gasteiger partial charge in [0.05, 0.1) is 0 Å². The smallest absolute Gasteiger partial charge is 0.0300 e. The van der Waals surface area contributed by atoms with Gasteiger partial charge in [-0.05, 0) is 54.7 Å². The molecule has 1 aromatic carbocycles. The largest absolute Gasteiger partial charge is 0.324 e. The average molecular weight is 215 g/mol. The van der Waals surface area contributed by atoms with E-state index >= 15 is 0 Å². The van der Waals surface area contributed by atoms with E-state index in [0.717, 1.165) is 0 Å². The van der Waals surface area contributed by atoms with E-state index in [1.807, 2.05) is 0 Å². The van der Waals surface area contributed by atoms with Crippen LogP contribution in [0.1, 0.15) is 61.3 Å². The number of benzene rings is 1. The van der Waals surface area contributed by atoms with Crippen molar-refractivity contribution in [3.8, 4) is 0 Å². The summed E-state index contributed by atoms with van der Waals surface area (Å²) in [5.74, 6) is 0. The summed E-state index contributed by atoms with van der Waals surface area (Å²) in [6, 6.07) is 7.05. The maximum Gasteiger partial charge on any atom is 0.0300 e. The molecule has 0 saturated heterocycles. The van der Waals surface area contributed by atoms with E-state index in [0.29, 0.717) is 5.41 Å². The molecule has 1 nitrogen and oxygen atoms in total. The van der Waals surface area contributed by atoms with Crippen LogP contribution in [0.5, 0.6) is 0 Å². The molecule has 1 atom stereocenters. The summed E-state index contributed by atoms with van der Waals surface area (Å²) in [5, 5.41) is 0. The molecular formula is C15H21N. The predicted octanol–water partition coefficient (Wildman–Crippen LogP) is 3.60. The molecule has 0 aromatic heterocycles. The van der Waals surface area contributed by atoms with Gasteiger partial charge in [-0.15, -0.1) is 0 Å². The van der Waals surface area contributed by atoms with Crippen molar-refractivity contribution in [3.63, 3.8) is 0 Å². The Bertz CT molecular complexity index is 402. The number of aryl methyl sites for hydroxylation is 1. The fourth-order valence-corrected chi connectivity index (χ4v) is 3.92. The van der Waals surface area contributed by atoms with Crippen LogP contribution in [0.3, 0.4) is 0 Å². The van der Waals surface area contributed by atoms with E-state index in [4.69, 9.17) is 5.73 Å². The molecule has 1 heteroatoms. The summed E-state index contributed by atoms with van der Waals surface area (Å²) < 4.78 is 0. The van der Waals surface area contributed by atoms with Crippen molar-refractivity contribution >= 4 is 0 Å². The van der Waals surface area contributed by atoms with Crippen LogP contribution in [0.4, 0.5) is 0 Å². The molecule has 1 aromatic rings. The van der Waals surface area contributed by atoms with Gasteiger partial charge in [-0.2, -0.15) is 0 Å². The summed E-state index contributed by atoms with van der Waals surface area (Å²) in [5.41, 5.74) is 11.2. The van der Waals surface area contributed by atoms with Gasteiger partial charge in [0.15, 0.2) is 0 Å². The third kappa shape index (κ3) is 1.34. The van der Waals surface area contributed by atoms with Gasteiger partial charge >= 0.3 is 0 Å². The minimum absolute atomic E-state index is 0.280. The van der Waals surface area contributed by atoms with Crippen LogP contribution in [0.15, 0.2) is 18.2 Å². The lowest BCUT2D eigenvalue weighted by atomic mass is 9.67. The zero-order chi connectivity index (χ0) is 11.2. The van der Waals surface area contributed by atoms with Crippen molar-refractivity contribution in [2.45, 2.75) is 56.9 Å². The summed E-state index contributed by atoms with van der Waals surface area (Å²) in [7, 11) is 0. The van der Waals surface area contributed by atoms with Gasteiger partial charge < -0.3 is 5.73 Å². The second-order valence-electron chi connectivity index (χ2n) is 5.67. The average Bonchev–Trinajstić information content (AvgIpc) is 2.74. The van der Waals surface area contributed by atoms with Crippen molar-refractivity contribution in [2.75, 3.05) is 0 Å². The van der Waals surface area contributed by atoms with Gasteiger partial charge in [-0.1, -0.05) is 31.0 Å². The number of hydrogen-bond donors (Lipinski definition) is 1. The Morgan fingerprint density at radius 1 is 1.19 bits per heavy atom. The van der Waals surface area contributed by atoms with E-state index in [9.17, 15) is 0 Å². The highest BCUT2D eigenvalue weighted by atomic mass is 14.7. The zero-order valence-electron chi connectivity index (χ0n) is 10.1. The highest BCUT2D eigenvalue weighted by Crippen LogP contribution is 2.51. The highest BCUT2D eigenvalue weighted by Gasteiger charge is 2.41. The van der Waals surface area contributed by atoms with Crippen LogP contribution in [0, 0.1) is 6.92 Å². The van der Waals surface area contributed by atoms with Crippen molar-refractivity contribution < 1.29 is 0 Å². The topological polar surface area (TPSA) is 26.0 Å². The van der Waals surface area contributed by atoms with Gasteiger partial charge in [0.25, 0.3) is 0 Å². The molecule has 3 rings (SSSR count). The van der Waals surface area contributed by atoms with Crippen LogP contribution in [0.25, 0.3) is 0 Å². The summed E-state index contributed by atoms with van der Waals surface area (Å²) in [6.07, 6.45) is 8.07. The van der Waals surface area contributed by atoms with E-state index in [1.165, 1.54) is 49.7 Å². The molecule has 0 radical (unpaired) electrons. The Morgan fingerprint density at radius 3 is 2.69 bits per heavy atom. The summed E-state index contributed by atoms with van der Waals surface area (Å²) in [4.78, 5) is 0. The first-order chi connectivity index (χ1) is 7.73. The maximum atomic E-state index is 6.30. The van der Waals surface area contributed by atoms with Crippen LogP contribution in [-0.2, 0) is 5.41 Å². The fraction of sp³-hybridized carbons (Fsp3) is 0.600. The van der Waals surface area contributed by atoms with Gasteiger partial charge in [-0.3, -0.25) is 0 Å². The number of nitrogens with two attached hydrogens (primary N) is 1. The molecule has 0 heterocycles. The first-order valence-electron chi connectivity index (χ1n) is 6.58. The molecule has 86 valence electrons. The Hall–Kier alpha value is -0.820. The summed E-state index contributed by atoms with van der Waals surface area (Å²) >= 11 is 0. The maximum absolute atomic E-state index is 6.30. The molecule has 2 aliphatic carbocycles. The van der Waals surface area contributed by atoms with E-state index in [-0.39, 0.29) is 6.04 Å². The number of fused-ring (bicyclic) bond motifs is 2. The standard InChI is InChI=1S/C15H21N/c1-11-5-4-6-12-14(11)13(16)7-10-15(12)8-2-3-9-15/h4-6,13H,2-3,7-10,16H2,1H3. The molecule has 2 aliphatic rings. The number of hydrogen-bond acceptors (Lipinski definition) is 1. The summed E-state index contributed by atoms with van der Waals surface area (Å²) in [6.45, 7) is 2.21. The van der Waals surface area contributed by atoms with Crippen LogP contribution < -0.4 is 5.73 Å². The monoisotopic (exact) mass is 215 g/mol. The Balaban J connectivity index is 2.16. The lowest BCUT2D eigenvalue weighted by Crippen LogP contribution is -2.32. The lowest BCUT2D eigenvalue weighted by Gasteiger charge is -2.39. The van der Waals surface area contributed by atoms with Crippen molar-refractivity contribution in [1.29, 1.82) is 0 Å². The molecule has 1 saturated carbocycles. The van der Waals surface area contributed by atoms with Crippen molar-refractivity contribution in [3.05, 3.63) is 34.9 Å². The second-order valence-corrected chi connectivity index (χ2v) is 5.67. The van der Waals surface area contributed by atoms with Gasteiger partial charge in [0.1, 0.15) is 0 Å². The normalized spacial score (nSPS) is 27.0. The first-order valence-corrected chi connectivity index (χ1v) is 6.58. The van der Waals surface area contributed by atoms with Crippen molar-refractivity contribution in [1.82, 2.24) is 0 Å². The molecule has 0 bridgehead atoms. The van der Waals surface area contributed by atoms with Gasteiger partial charge in [0, 0.05) is 6.04 Å². The Labute approximate surface area is 98.0 Å². The highest BCUT2D eigenvalue weighted by molar-refractivity contribution is 5.44. The molecule has 2 N–H and O–H groups in total. The fourth-order valence-electron chi connectivity index (χ4n) is 3.92. The Morgan fingerprint density at radius 2 is 1.94 bits per heavy atom. The quantitative estimate of drug-likeness (QED) is 0.703. The molecule has 1 unspecified atom stereocenters. The van der Waals surface area contributed by atoms with Crippen LogP contribution >= 0.6 is 0 Å². The van der Waals surface area contributed by atoms with Gasteiger partial charge in [0.2, 0.25) is 0 Å². The predicted molar refractivity (Wildman–Crippen MR) is 67.5 cm³/mol. The second kappa shape index (κ2) is 3.59. The van der Waals surface area contributed by atoms with Crippen LogP contribution in [-0.4, -0.2) is 0 Å². The molecule has 0 aliphatic heterocycles. The minimum Gasteiger partial charge on any atom is -0.324 e. The van der Waals surface area contributed by atoms with E-state index < -0.39 is 0 Å². The SMILES string of the molecule is Cc1cccc2c1C(N)CCC21CCCC1. The lowest BCUT2D eigenvalue weighted by molar-refractivity contribution is 0.343. The molecule has 16 heavy (non-hydrogen) atoms. The first kappa shape index (κ1) is 10.3. The zero-order valence-corrected chi connectivity index (χ0v) is 10.1. The Kier molecular flexibility index (Phi) is 2.32. The molecule has 1 fully saturated rings. The third-order valence-corrected chi connectivity index (χ3v) is 4.76. The van der Waals surface area contributed by atoms with E-state index in [2.05, 4.69) is 25.1 Å². The molecule has 1 spiro atoms. The molecule has 0 amide bonds. The van der Waals surface area contributed by atoms with E-state index in [1.54, 1.807) is 5.56 Å². The van der Waals surface area contributed by atoms with Crippen LogP contribution in [0.2, 0.25) is 0 Å². The third-order valence-electron chi connectivity index (χ3n) is 4.76. The minimum atomic E-state index is 0.280. The molecular weight excluding hydrogens is 194 g/mol. The van der Waals surface area contributed by atoms with Crippen molar-refractivity contribution in [2.24, 2.45) is 5.73 Å². The van der Waals surface area contributed by atoms with Gasteiger partial charge in [-0.25, -0.2) is 0 Å². The number of rotatable bonds is 0.